The van der Waals surface area contributed by atoms with Crippen molar-refractivity contribution in [3.8, 4) is 5.75 Å². The summed E-state index contributed by atoms with van der Waals surface area (Å²) in [5, 5.41) is 0. The van der Waals surface area contributed by atoms with Gasteiger partial charge in [-0.15, -0.1) is 0 Å². The van der Waals surface area contributed by atoms with Crippen molar-refractivity contribution in [2.24, 2.45) is 11.8 Å². The summed E-state index contributed by atoms with van der Waals surface area (Å²) in [6.07, 6.45) is 17.7. The van der Waals surface area contributed by atoms with Gasteiger partial charge in [0.05, 0.1) is 6.10 Å². The minimum atomic E-state index is -1.03. The number of hydrogen-bond acceptors (Lipinski definition) is 3. The molecule has 7 atom stereocenters. The molecule has 0 radical (unpaired) electrons. The molecule has 2 heterocycles. The Labute approximate surface area is 190 Å². The van der Waals surface area contributed by atoms with E-state index in [-0.39, 0.29) is 0 Å². The van der Waals surface area contributed by atoms with Gasteiger partial charge in [-0.25, -0.2) is 4.67 Å². The van der Waals surface area contributed by atoms with E-state index in [2.05, 4.69) is 30.7 Å². The van der Waals surface area contributed by atoms with Crippen molar-refractivity contribution in [2.45, 2.75) is 121 Å². The zero-order valence-corrected chi connectivity index (χ0v) is 20.4. The van der Waals surface area contributed by atoms with Gasteiger partial charge in [-0.2, -0.15) is 0 Å². The van der Waals surface area contributed by atoms with E-state index in [1.807, 2.05) is 0 Å². The molecule has 2 saturated carbocycles. The second-order valence-corrected chi connectivity index (χ2v) is 12.4. The molecule has 0 amide bonds. The normalized spacial score (nSPS) is 40.5. The van der Waals surface area contributed by atoms with Crippen LogP contribution < -0.4 is 4.52 Å². The lowest BCUT2D eigenvalue weighted by Crippen LogP contribution is -2.43. The monoisotopic (exact) mass is 441 g/mol. The molecule has 1 aromatic carbocycles. The highest BCUT2D eigenvalue weighted by molar-refractivity contribution is 7.45. The molecule has 6 unspecified atom stereocenters. The Morgan fingerprint density at radius 1 is 0.839 bits per heavy atom. The van der Waals surface area contributed by atoms with Crippen molar-refractivity contribution in [3.63, 3.8) is 0 Å². The summed E-state index contributed by atoms with van der Waals surface area (Å²) in [4.78, 5) is 0. The summed E-state index contributed by atoms with van der Waals surface area (Å²) < 4.78 is 16.7. The summed E-state index contributed by atoms with van der Waals surface area (Å²) in [5.74, 6) is 3.46. The van der Waals surface area contributed by atoms with Crippen LogP contribution in [0.25, 0.3) is 0 Å². The first-order valence-corrected chi connectivity index (χ1v) is 14.4. The Bertz CT molecular complexity index is 803. The van der Waals surface area contributed by atoms with E-state index in [4.69, 9.17) is 9.05 Å². The number of hydrogen-bond donors (Lipinski definition) is 0. The molecule has 5 aliphatic rings. The molecule has 3 aliphatic carbocycles. The number of aryl methyl sites for hydroxylation is 1. The first kappa shape index (κ1) is 20.9. The molecule has 3 nitrogen and oxygen atoms in total. The van der Waals surface area contributed by atoms with Gasteiger partial charge in [0, 0.05) is 23.6 Å². The molecule has 6 rings (SSSR count). The second kappa shape index (κ2) is 8.62. The molecule has 0 aromatic heterocycles. The number of piperidine rings is 1. The van der Waals surface area contributed by atoms with Crippen molar-refractivity contribution in [1.82, 2.24) is 4.67 Å². The topological polar surface area (TPSA) is 21.7 Å². The van der Waals surface area contributed by atoms with E-state index in [1.54, 1.807) is 16.7 Å². The standard InChI is InChI=1S/C27H40NO2P/c1-18-8-7-9-19(2)28(18)31-29-24-16-14-20-10-3-5-12-22(20)26(24)27-23-13-6-4-11-21(23)15-17-25(27)30-31/h14,16,18-19,21,23,25,27H,3-13,15,17H2,1-2H3/t18?,19?,21?,23?,25?,27-,31?/m1/s1. The maximum atomic E-state index is 7.09. The Hall–Kier alpha value is -0.630. The molecule has 170 valence electrons. The smallest absolute Gasteiger partial charge is 0.321 e. The van der Waals surface area contributed by atoms with Crippen LogP contribution in [0.2, 0.25) is 0 Å². The van der Waals surface area contributed by atoms with Crippen LogP contribution in [-0.4, -0.2) is 22.9 Å². The van der Waals surface area contributed by atoms with Gasteiger partial charge in [-0.05, 0) is 101 Å². The van der Waals surface area contributed by atoms with Crippen molar-refractivity contribution < 1.29 is 9.05 Å². The first-order valence-electron chi connectivity index (χ1n) is 13.3. The van der Waals surface area contributed by atoms with Gasteiger partial charge in [0.25, 0.3) is 0 Å². The molecule has 2 aliphatic heterocycles. The third-order valence-corrected chi connectivity index (χ3v) is 11.2. The lowest BCUT2D eigenvalue weighted by Gasteiger charge is -2.46. The summed E-state index contributed by atoms with van der Waals surface area (Å²) in [6, 6.07) is 5.84. The summed E-state index contributed by atoms with van der Waals surface area (Å²) in [5.41, 5.74) is 4.86. The third kappa shape index (κ3) is 3.68. The molecule has 4 heteroatoms. The highest BCUT2D eigenvalue weighted by Crippen LogP contribution is 2.61. The van der Waals surface area contributed by atoms with Gasteiger partial charge < -0.3 is 9.05 Å². The zero-order valence-electron chi connectivity index (χ0n) is 19.5. The number of fused-ring (bicyclic) bond motifs is 7. The average Bonchev–Trinajstić information content (AvgIpc) is 2.96. The van der Waals surface area contributed by atoms with E-state index in [0.717, 1.165) is 11.8 Å². The van der Waals surface area contributed by atoms with Crippen molar-refractivity contribution in [2.75, 3.05) is 0 Å². The van der Waals surface area contributed by atoms with E-state index in [0.29, 0.717) is 24.1 Å². The summed E-state index contributed by atoms with van der Waals surface area (Å²) >= 11 is 0. The molecule has 0 spiro atoms. The number of nitrogens with zero attached hydrogens (tertiary/aromatic N) is 1. The van der Waals surface area contributed by atoms with Crippen LogP contribution in [0.4, 0.5) is 0 Å². The number of rotatable bonds is 1. The third-order valence-electron chi connectivity index (χ3n) is 9.26. The van der Waals surface area contributed by atoms with E-state index in [9.17, 15) is 0 Å². The van der Waals surface area contributed by atoms with Crippen LogP contribution >= 0.6 is 8.53 Å². The minimum Gasteiger partial charge on any atom is -0.435 e. The fraction of sp³-hybridized carbons (Fsp3) is 0.778. The predicted octanol–water partition coefficient (Wildman–Crippen LogP) is 7.52. The second-order valence-electron chi connectivity index (χ2n) is 11.1. The Morgan fingerprint density at radius 3 is 2.52 bits per heavy atom. The van der Waals surface area contributed by atoms with Crippen LogP contribution in [0, 0.1) is 11.8 Å². The SMILES string of the molecule is CC1CCCC(C)N1P1Oc2ccc3c(c2[C@H]2C(CCC4CCCCC42)O1)CCCC3. The molecule has 3 fully saturated rings. The summed E-state index contributed by atoms with van der Waals surface area (Å²) in [6.45, 7) is 4.78. The van der Waals surface area contributed by atoms with E-state index in [1.165, 1.54) is 89.2 Å². The Morgan fingerprint density at radius 2 is 1.65 bits per heavy atom. The number of benzene rings is 1. The summed E-state index contributed by atoms with van der Waals surface area (Å²) in [7, 11) is -1.03. The molecular formula is C27H40NO2P. The maximum Gasteiger partial charge on any atom is 0.321 e. The zero-order chi connectivity index (χ0) is 20.9. The molecular weight excluding hydrogens is 401 g/mol. The van der Waals surface area contributed by atoms with Gasteiger partial charge in [-0.1, -0.05) is 31.7 Å². The lowest BCUT2D eigenvalue weighted by molar-refractivity contribution is 0.0339. The van der Waals surface area contributed by atoms with Crippen LogP contribution in [0.15, 0.2) is 12.1 Å². The van der Waals surface area contributed by atoms with Gasteiger partial charge >= 0.3 is 8.53 Å². The minimum absolute atomic E-state index is 0.349. The maximum absolute atomic E-state index is 7.09. The highest BCUT2D eigenvalue weighted by Gasteiger charge is 2.49. The molecule has 1 aromatic rings. The first-order chi connectivity index (χ1) is 15.2. The van der Waals surface area contributed by atoms with Gasteiger partial charge in [0.2, 0.25) is 0 Å². The van der Waals surface area contributed by atoms with Crippen molar-refractivity contribution in [3.05, 3.63) is 28.8 Å². The molecule has 0 N–H and O–H groups in total. The Balaban J connectivity index is 1.44. The van der Waals surface area contributed by atoms with Crippen molar-refractivity contribution >= 4 is 8.53 Å². The van der Waals surface area contributed by atoms with E-state index >= 15 is 0 Å². The van der Waals surface area contributed by atoms with Crippen LogP contribution in [-0.2, 0) is 17.4 Å². The van der Waals surface area contributed by atoms with Crippen molar-refractivity contribution in [1.29, 1.82) is 0 Å². The van der Waals surface area contributed by atoms with Gasteiger partial charge in [0.1, 0.15) is 5.75 Å². The van der Waals surface area contributed by atoms with Gasteiger partial charge in [-0.3, -0.25) is 0 Å². The average molecular weight is 442 g/mol. The fourth-order valence-electron chi connectivity index (χ4n) is 7.75. The molecule has 31 heavy (non-hydrogen) atoms. The Kier molecular flexibility index (Phi) is 5.82. The molecule has 1 saturated heterocycles. The predicted molar refractivity (Wildman–Crippen MR) is 128 cm³/mol. The van der Waals surface area contributed by atoms with Crippen LogP contribution in [0.1, 0.15) is 107 Å². The van der Waals surface area contributed by atoms with Crippen LogP contribution in [0.3, 0.4) is 0 Å². The fourth-order valence-corrected chi connectivity index (χ4v) is 9.67. The van der Waals surface area contributed by atoms with Gasteiger partial charge in [0.15, 0.2) is 0 Å². The molecule has 0 bridgehead atoms. The lowest BCUT2D eigenvalue weighted by atomic mass is 9.61. The largest absolute Gasteiger partial charge is 0.435 e. The highest BCUT2D eigenvalue weighted by atomic mass is 31.2. The van der Waals surface area contributed by atoms with Crippen LogP contribution in [0.5, 0.6) is 5.75 Å². The quantitative estimate of drug-likeness (QED) is 0.421. The van der Waals surface area contributed by atoms with E-state index < -0.39 is 8.53 Å².